The lowest BCUT2D eigenvalue weighted by Gasteiger charge is -2.20. The predicted octanol–water partition coefficient (Wildman–Crippen LogP) is 3.54. The van der Waals surface area contributed by atoms with E-state index in [1.807, 2.05) is 13.1 Å². The van der Waals surface area contributed by atoms with E-state index in [0.717, 1.165) is 18.4 Å². The molecule has 0 aromatic heterocycles. The van der Waals surface area contributed by atoms with Crippen LogP contribution in [-0.2, 0) is 0 Å². The molecule has 0 radical (unpaired) electrons. The molecule has 1 nitrogen and oxygen atoms in total. The van der Waals surface area contributed by atoms with Gasteiger partial charge in [0.25, 0.3) is 0 Å². The van der Waals surface area contributed by atoms with Crippen LogP contribution >= 0.6 is 0 Å². The summed E-state index contributed by atoms with van der Waals surface area (Å²) in [6, 6.07) is 0. The van der Waals surface area contributed by atoms with Crippen LogP contribution in [0.1, 0.15) is 47.0 Å². The molecule has 0 bridgehead atoms. The molecule has 72 valence electrons. The van der Waals surface area contributed by atoms with Gasteiger partial charge in [0.05, 0.1) is 0 Å². The second-order valence-electron chi connectivity index (χ2n) is 3.56. The van der Waals surface area contributed by atoms with Gasteiger partial charge in [0, 0.05) is 6.54 Å². The molecule has 0 aliphatic rings. The van der Waals surface area contributed by atoms with Gasteiger partial charge in [-0.1, -0.05) is 33.6 Å². The van der Waals surface area contributed by atoms with Crippen LogP contribution in [0.5, 0.6) is 0 Å². The second kappa shape index (κ2) is 7.33. The second-order valence-corrected chi connectivity index (χ2v) is 3.56. The Kier molecular flexibility index (Phi) is 7.12. The first-order valence-corrected chi connectivity index (χ1v) is 5.20. The Morgan fingerprint density at radius 2 is 2.00 bits per heavy atom. The van der Waals surface area contributed by atoms with Crippen molar-refractivity contribution in [2.45, 2.75) is 47.0 Å². The van der Waals surface area contributed by atoms with E-state index in [1.54, 1.807) is 0 Å². The molecule has 0 amide bonds. The first kappa shape index (κ1) is 11.7. The SMILES string of the molecule is CC=NCC(CCC)C(C)CC. The van der Waals surface area contributed by atoms with Gasteiger partial charge >= 0.3 is 0 Å². The van der Waals surface area contributed by atoms with Gasteiger partial charge < -0.3 is 0 Å². The summed E-state index contributed by atoms with van der Waals surface area (Å²) in [7, 11) is 0. The zero-order valence-corrected chi connectivity index (χ0v) is 9.01. The van der Waals surface area contributed by atoms with Gasteiger partial charge in [0.1, 0.15) is 0 Å². The number of rotatable bonds is 6. The van der Waals surface area contributed by atoms with Crippen molar-refractivity contribution in [2.75, 3.05) is 6.54 Å². The van der Waals surface area contributed by atoms with Crippen LogP contribution in [0.4, 0.5) is 0 Å². The van der Waals surface area contributed by atoms with Crippen LogP contribution in [0, 0.1) is 11.8 Å². The topological polar surface area (TPSA) is 12.4 Å². The Hall–Kier alpha value is -0.330. The molecule has 0 aliphatic carbocycles. The lowest BCUT2D eigenvalue weighted by Crippen LogP contribution is -2.14. The summed E-state index contributed by atoms with van der Waals surface area (Å²) < 4.78 is 0. The zero-order chi connectivity index (χ0) is 9.40. The van der Waals surface area contributed by atoms with Gasteiger partial charge in [-0.2, -0.15) is 0 Å². The minimum Gasteiger partial charge on any atom is -0.298 e. The molecule has 2 atom stereocenters. The summed E-state index contributed by atoms with van der Waals surface area (Å²) in [6.45, 7) is 9.89. The van der Waals surface area contributed by atoms with Gasteiger partial charge in [0.15, 0.2) is 0 Å². The van der Waals surface area contributed by atoms with Crippen molar-refractivity contribution in [1.82, 2.24) is 0 Å². The smallest absolute Gasteiger partial charge is 0.0416 e. The van der Waals surface area contributed by atoms with Gasteiger partial charge in [-0.3, -0.25) is 4.99 Å². The van der Waals surface area contributed by atoms with Crippen LogP contribution in [0.15, 0.2) is 4.99 Å². The van der Waals surface area contributed by atoms with Gasteiger partial charge in [-0.15, -0.1) is 0 Å². The maximum absolute atomic E-state index is 4.33. The van der Waals surface area contributed by atoms with Gasteiger partial charge in [-0.05, 0) is 31.4 Å². The molecule has 2 unspecified atom stereocenters. The highest BCUT2D eigenvalue weighted by Gasteiger charge is 2.13. The molecule has 0 N–H and O–H groups in total. The van der Waals surface area contributed by atoms with E-state index in [9.17, 15) is 0 Å². The van der Waals surface area contributed by atoms with Crippen molar-refractivity contribution in [3.8, 4) is 0 Å². The minimum atomic E-state index is 0.802. The minimum absolute atomic E-state index is 0.802. The molecular formula is C11H23N. The summed E-state index contributed by atoms with van der Waals surface area (Å²) in [6.07, 6.45) is 5.82. The third-order valence-corrected chi connectivity index (χ3v) is 2.63. The Labute approximate surface area is 77.3 Å². The summed E-state index contributed by atoms with van der Waals surface area (Å²) in [5, 5.41) is 0. The van der Waals surface area contributed by atoms with E-state index in [1.165, 1.54) is 19.3 Å². The average Bonchev–Trinajstić information content (AvgIpc) is 2.11. The summed E-state index contributed by atoms with van der Waals surface area (Å²) >= 11 is 0. The monoisotopic (exact) mass is 169 g/mol. The molecule has 0 aromatic rings. The molecule has 0 fully saturated rings. The van der Waals surface area contributed by atoms with Crippen molar-refractivity contribution in [3.63, 3.8) is 0 Å². The quantitative estimate of drug-likeness (QED) is 0.539. The Morgan fingerprint density at radius 3 is 2.42 bits per heavy atom. The molecule has 1 heteroatoms. The molecule has 0 aromatic carbocycles. The van der Waals surface area contributed by atoms with E-state index in [0.29, 0.717) is 0 Å². The van der Waals surface area contributed by atoms with Crippen LogP contribution in [-0.4, -0.2) is 12.8 Å². The van der Waals surface area contributed by atoms with E-state index in [4.69, 9.17) is 0 Å². The number of aliphatic imine (C=N–C) groups is 1. The third kappa shape index (κ3) is 4.53. The van der Waals surface area contributed by atoms with Gasteiger partial charge in [0.2, 0.25) is 0 Å². The van der Waals surface area contributed by atoms with E-state index in [-0.39, 0.29) is 0 Å². The Balaban J connectivity index is 3.84. The van der Waals surface area contributed by atoms with Crippen LogP contribution in [0.25, 0.3) is 0 Å². The van der Waals surface area contributed by atoms with Crippen molar-refractivity contribution in [1.29, 1.82) is 0 Å². The lowest BCUT2D eigenvalue weighted by molar-refractivity contribution is 0.334. The molecule has 0 spiro atoms. The molecule has 0 rings (SSSR count). The zero-order valence-electron chi connectivity index (χ0n) is 9.01. The summed E-state index contributed by atoms with van der Waals surface area (Å²) in [5.74, 6) is 1.63. The van der Waals surface area contributed by atoms with Crippen LogP contribution < -0.4 is 0 Å². The fourth-order valence-corrected chi connectivity index (χ4v) is 1.50. The summed E-state index contributed by atoms with van der Waals surface area (Å²) in [4.78, 5) is 4.33. The maximum atomic E-state index is 4.33. The third-order valence-electron chi connectivity index (χ3n) is 2.63. The predicted molar refractivity (Wildman–Crippen MR) is 56.9 cm³/mol. The van der Waals surface area contributed by atoms with Crippen LogP contribution in [0.2, 0.25) is 0 Å². The summed E-state index contributed by atoms with van der Waals surface area (Å²) in [5.41, 5.74) is 0. The standard InChI is InChI=1S/C11H23N/c1-5-8-11(9-12-7-3)10(4)6-2/h7,10-11H,5-6,8-9H2,1-4H3. The van der Waals surface area contributed by atoms with Crippen molar-refractivity contribution in [2.24, 2.45) is 16.8 Å². The highest BCUT2D eigenvalue weighted by molar-refractivity contribution is 5.53. The number of nitrogens with zero attached hydrogens (tertiary/aromatic N) is 1. The molecular weight excluding hydrogens is 146 g/mol. The van der Waals surface area contributed by atoms with Gasteiger partial charge in [-0.25, -0.2) is 0 Å². The maximum Gasteiger partial charge on any atom is 0.0416 e. The largest absolute Gasteiger partial charge is 0.298 e. The lowest BCUT2D eigenvalue weighted by atomic mass is 9.88. The highest BCUT2D eigenvalue weighted by atomic mass is 14.7. The van der Waals surface area contributed by atoms with Crippen LogP contribution in [0.3, 0.4) is 0 Å². The average molecular weight is 169 g/mol. The normalized spacial score (nSPS) is 16.7. The van der Waals surface area contributed by atoms with E-state index in [2.05, 4.69) is 25.8 Å². The highest BCUT2D eigenvalue weighted by Crippen LogP contribution is 2.20. The number of hydrogen-bond acceptors (Lipinski definition) is 1. The Bertz CT molecular complexity index is 118. The van der Waals surface area contributed by atoms with Crippen molar-refractivity contribution >= 4 is 6.21 Å². The molecule has 0 aliphatic heterocycles. The fraction of sp³-hybridized carbons (Fsp3) is 0.909. The van der Waals surface area contributed by atoms with E-state index >= 15 is 0 Å². The number of hydrogen-bond donors (Lipinski definition) is 0. The fourth-order valence-electron chi connectivity index (χ4n) is 1.50. The van der Waals surface area contributed by atoms with Crippen molar-refractivity contribution < 1.29 is 0 Å². The first-order chi connectivity index (χ1) is 5.76. The molecule has 0 saturated carbocycles. The molecule has 0 heterocycles. The van der Waals surface area contributed by atoms with Crippen molar-refractivity contribution in [3.05, 3.63) is 0 Å². The van der Waals surface area contributed by atoms with E-state index < -0.39 is 0 Å². The first-order valence-electron chi connectivity index (χ1n) is 5.20. The molecule has 0 saturated heterocycles. The Morgan fingerprint density at radius 1 is 1.33 bits per heavy atom. The molecule has 12 heavy (non-hydrogen) atoms.